The van der Waals surface area contributed by atoms with Crippen LogP contribution in [-0.4, -0.2) is 19.1 Å². The Balaban J connectivity index is 1.22. The van der Waals surface area contributed by atoms with Crippen molar-refractivity contribution in [3.8, 4) is 33.9 Å². The zero-order valence-electron chi connectivity index (χ0n) is 30.4. The first-order chi connectivity index (χ1) is 27.7. The van der Waals surface area contributed by atoms with Gasteiger partial charge in [-0.15, -0.1) is 0 Å². The third kappa shape index (κ3) is 4.31. The van der Waals surface area contributed by atoms with Gasteiger partial charge >= 0.3 is 0 Å². The van der Waals surface area contributed by atoms with Gasteiger partial charge < -0.3 is 13.6 Å². The maximum atomic E-state index is 6.95. The molecule has 0 spiro atoms. The SMILES string of the molecule is Cc1cc(-n2c3ccccc3c3c4c5ccccc5oc4c4c(c5ccccc5n4-c4ccccc4)c32)ccc1-c1nc2ccccc2nc1-c1ccccc1. The van der Waals surface area contributed by atoms with Crippen molar-refractivity contribution in [1.82, 2.24) is 19.1 Å². The van der Waals surface area contributed by atoms with E-state index in [1.54, 1.807) is 0 Å². The van der Waals surface area contributed by atoms with Crippen molar-refractivity contribution >= 4 is 76.6 Å². The standard InChI is InChI=1S/C51H32N4O/c1-31-30-34(28-29-35(31)48-47(32-16-4-2-5-17-32)52-39-23-11-12-24-40(39)53-48)55-41-25-13-8-20-36(41)44-45-38-22-10-15-27-43(38)56-51(45)50-46(49(44)55)37-21-9-14-26-42(37)54(50)33-18-6-3-7-19-33/h2-30H,1H3. The lowest BCUT2D eigenvalue weighted by molar-refractivity contribution is 0.671. The number of hydrogen-bond donors (Lipinski definition) is 0. The monoisotopic (exact) mass is 716 g/mol. The van der Waals surface area contributed by atoms with Crippen molar-refractivity contribution in [2.24, 2.45) is 0 Å². The normalized spacial score (nSPS) is 12.0. The van der Waals surface area contributed by atoms with E-state index in [9.17, 15) is 0 Å². The molecule has 262 valence electrons. The first kappa shape index (κ1) is 30.9. The summed E-state index contributed by atoms with van der Waals surface area (Å²) < 4.78 is 11.8. The predicted octanol–water partition coefficient (Wildman–Crippen LogP) is 13.4. The van der Waals surface area contributed by atoms with Crippen molar-refractivity contribution in [3.63, 3.8) is 0 Å². The molecule has 0 amide bonds. The zero-order chi connectivity index (χ0) is 36.9. The molecule has 12 aromatic rings. The Morgan fingerprint density at radius 3 is 1.73 bits per heavy atom. The molecule has 5 heteroatoms. The summed E-state index contributed by atoms with van der Waals surface area (Å²) in [5, 5.41) is 6.96. The number of para-hydroxylation sites is 6. The van der Waals surface area contributed by atoms with Gasteiger partial charge in [-0.25, -0.2) is 9.97 Å². The smallest absolute Gasteiger partial charge is 0.160 e. The molecule has 0 saturated heterocycles. The number of furan rings is 1. The van der Waals surface area contributed by atoms with Crippen molar-refractivity contribution in [1.29, 1.82) is 0 Å². The summed E-state index contributed by atoms with van der Waals surface area (Å²) in [5.74, 6) is 0. The molecule has 0 fully saturated rings. The second kappa shape index (κ2) is 11.7. The topological polar surface area (TPSA) is 48.8 Å². The Kier molecular flexibility index (Phi) is 6.48. The van der Waals surface area contributed by atoms with Gasteiger partial charge in [-0.2, -0.15) is 0 Å². The maximum absolute atomic E-state index is 6.95. The molecule has 0 atom stereocenters. The van der Waals surface area contributed by atoms with Crippen molar-refractivity contribution in [2.45, 2.75) is 6.92 Å². The van der Waals surface area contributed by atoms with Crippen molar-refractivity contribution in [2.75, 3.05) is 0 Å². The van der Waals surface area contributed by atoms with Crippen LogP contribution < -0.4 is 0 Å². The van der Waals surface area contributed by atoms with Crippen LogP contribution in [0.15, 0.2) is 180 Å². The summed E-state index contributed by atoms with van der Waals surface area (Å²) in [6, 6.07) is 61.9. The highest BCUT2D eigenvalue weighted by Crippen LogP contribution is 2.49. The number of nitrogens with zero attached hydrogens (tertiary/aromatic N) is 4. The highest BCUT2D eigenvalue weighted by molar-refractivity contribution is 6.39. The summed E-state index contributed by atoms with van der Waals surface area (Å²) in [5.41, 5.74) is 15.2. The van der Waals surface area contributed by atoms with Gasteiger partial charge in [0.25, 0.3) is 0 Å². The van der Waals surface area contributed by atoms with Gasteiger partial charge in [-0.1, -0.05) is 121 Å². The van der Waals surface area contributed by atoms with Gasteiger partial charge in [-0.05, 0) is 67.1 Å². The number of benzene rings is 8. The highest BCUT2D eigenvalue weighted by atomic mass is 16.3. The Hall–Kier alpha value is -7.50. The molecule has 0 unspecified atom stereocenters. The molecule has 0 saturated carbocycles. The fraction of sp³-hybridized carbons (Fsp3) is 0.0196. The largest absolute Gasteiger partial charge is 0.454 e. The third-order valence-corrected chi connectivity index (χ3v) is 11.4. The van der Waals surface area contributed by atoms with E-state index in [0.29, 0.717) is 0 Å². The number of rotatable bonds is 4. The van der Waals surface area contributed by atoms with E-state index < -0.39 is 0 Å². The van der Waals surface area contributed by atoms with Crippen LogP contribution in [0.1, 0.15) is 5.56 Å². The first-order valence-corrected chi connectivity index (χ1v) is 19.0. The summed E-state index contributed by atoms with van der Waals surface area (Å²) >= 11 is 0. The van der Waals surface area contributed by atoms with E-state index in [1.165, 1.54) is 16.2 Å². The van der Waals surface area contributed by atoms with Crippen LogP contribution in [0.4, 0.5) is 0 Å². The van der Waals surface area contributed by atoms with Gasteiger partial charge in [0.1, 0.15) is 5.58 Å². The van der Waals surface area contributed by atoms with Gasteiger partial charge in [0.2, 0.25) is 0 Å². The fourth-order valence-electron chi connectivity index (χ4n) is 9.04. The zero-order valence-corrected chi connectivity index (χ0v) is 30.4. The lowest BCUT2D eigenvalue weighted by atomic mass is 9.99. The van der Waals surface area contributed by atoms with Crippen LogP contribution in [0.3, 0.4) is 0 Å². The number of fused-ring (bicyclic) bond motifs is 13. The van der Waals surface area contributed by atoms with Crippen LogP contribution >= 0.6 is 0 Å². The molecule has 12 rings (SSSR count). The molecule has 8 aromatic carbocycles. The minimum absolute atomic E-state index is 0.876. The Morgan fingerprint density at radius 2 is 1.02 bits per heavy atom. The van der Waals surface area contributed by atoms with E-state index >= 15 is 0 Å². The van der Waals surface area contributed by atoms with Gasteiger partial charge in [-0.3, -0.25) is 0 Å². The van der Waals surface area contributed by atoms with E-state index in [4.69, 9.17) is 14.4 Å². The first-order valence-electron chi connectivity index (χ1n) is 19.0. The average Bonchev–Trinajstić information content (AvgIpc) is 3.92. The summed E-state index contributed by atoms with van der Waals surface area (Å²) in [6.45, 7) is 2.19. The lowest BCUT2D eigenvalue weighted by Crippen LogP contribution is -1.99. The molecule has 0 N–H and O–H groups in total. The van der Waals surface area contributed by atoms with E-state index in [2.05, 4.69) is 162 Å². The van der Waals surface area contributed by atoms with E-state index in [-0.39, 0.29) is 0 Å². The molecule has 0 bridgehead atoms. The molecule has 0 aliphatic rings. The fourth-order valence-corrected chi connectivity index (χ4v) is 9.04. The van der Waals surface area contributed by atoms with Crippen LogP contribution in [0.5, 0.6) is 0 Å². The highest BCUT2D eigenvalue weighted by Gasteiger charge is 2.28. The number of aromatic nitrogens is 4. The minimum Gasteiger partial charge on any atom is -0.454 e. The van der Waals surface area contributed by atoms with Gasteiger partial charge in [0.15, 0.2) is 5.58 Å². The van der Waals surface area contributed by atoms with Crippen LogP contribution in [0.2, 0.25) is 0 Å². The third-order valence-electron chi connectivity index (χ3n) is 11.4. The lowest BCUT2D eigenvalue weighted by Gasteiger charge is -2.15. The Morgan fingerprint density at radius 1 is 0.446 bits per heavy atom. The van der Waals surface area contributed by atoms with Crippen molar-refractivity contribution < 1.29 is 4.42 Å². The molecule has 0 aliphatic carbocycles. The van der Waals surface area contributed by atoms with Crippen LogP contribution in [-0.2, 0) is 0 Å². The van der Waals surface area contributed by atoms with Gasteiger partial charge in [0.05, 0.1) is 44.5 Å². The maximum Gasteiger partial charge on any atom is 0.160 e. The quantitative estimate of drug-likeness (QED) is 0.182. The molecule has 0 aliphatic heterocycles. The predicted molar refractivity (Wildman–Crippen MR) is 231 cm³/mol. The molecule has 5 nitrogen and oxygen atoms in total. The molecule has 0 radical (unpaired) electrons. The Labute approximate surface area is 321 Å². The van der Waals surface area contributed by atoms with Crippen molar-refractivity contribution in [3.05, 3.63) is 181 Å². The minimum atomic E-state index is 0.876. The second-order valence-electron chi connectivity index (χ2n) is 14.6. The summed E-state index contributed by atoms with van der Waals surface area (Å²) in [6.07, 6.45) is 0. The average molecular weight is 717 g/mol. The van der Waals surface area contributed by atoms with Crippen LogP contribution in [0, 0.1) is 6.92 Å². The molecular weight excluding hydrogens is 685 g/mol. The van der Waals surface area contributed by atoms with E-state index in [0.717, 1.165) is 99.9 Å². The number of hydrogen-bond acceptors (Lipinski definition) is 3. The summed E-state index contributed by atoms with van der Waals surface area (Å²) in [4.78, 5) is 10.4. The second-order valence-corrected chi connectivity index (χ2v) is 14.6. The van der Waals surface area contributed by atoms with Gasteiger partial charge in [0, 0.05) is 54.8 Å². The molecule has 56 heavy (non-hydrogen) atoms. The molecule has 4 heterocycles. The van der Waals surface area contributed by atoms with Crippen LogP contribution in [0.25, 0.3) is 110 Å². The number of aryl methyl sites for hydroxylation is 1. The molecule has 4 aromatic heterocycles. The molecular formula is C51H32N4O. The Bertz CT molecular complexity index is 3540. The van der Waals surface area contributed by atoms with E-state index in [1.807, 2.05) is 30.3 Å². The summed E-state index contributed by atoms with van der Waals surface area (Å²) in [7, 11) is 0.